The van der Waals surface area contributed by atoms with Crippen molar-refractivity contribution in [3.8, 4) is 0 Å². The van der Waals surface area contributed by atoms with Crippen molar-refractivity contribution < 1.29 is 19.1 Å². The maximum Gasteiger partial charge on any atom is 0.261 e. The summed E-state index contributed by atoms with van der Waals surface area (Å²) >= 11 is 0. The van der Waals surface area contributed by atoms with Crippen LogP contribution in [0.4, 0.5) is 11.4 Å². The molecular formula is C36H44N6O5. The minimum atomic E-state index is -1.18. The summed E-state index contributed by atoms with van der Waals surface area (Å²) in [5.74, 6) is 0.240. The van der Waals surface area contributed by atoms with Gasteiger partial charge in [0, 0.05) is 71.8 Å². The van der Waals surface area contributed by atoms with Crippen molar-refractivity contribution in [3.05, 3.63) is 87.8 Å². The molecule has 47 heavy (non-hydrogen) atoms. The van der Waals surface area contributed by atoms with E-state index in [1.54, 1.807) is 53.7 Å². The molecule has 0 saturated carbocycles. The Morgan fingerprint density at radius 3 is 2.62 bits per heavy atom. The van der Waals surface area contributed by atoms with Gasteiger partial charge in [0.2, 0.25) is 11.8 Å². The monoisotopic (exact) mass is 640 g/mol. The molecule has 1 fully saturated rings. The first-order chi connectivity index (χ1) is 22.5. The third-order valence-electron chi connectivity index (χ3n) is 9.47. The molecule has 11 nitrogen and oxygen atoms in total. The van der Waals surface area contributed by atoms with Crippen molar-refractivity contribution in [1.82, 2.24) is 19.4 Å². The number of carbonyl (C=O) groups is 2. The molecule has 2 aliphatic rings. The van der Waals surface area contributed by atoms with Gasteiger partial charge in [-0.2, -0.15) is 0 Å². The highest BCUT2D eigenvalue weighted by atomic mass is 16.3. The van der Waals surface area contributed by atoms with Gasteiger partial charge in [-0.1, -0.05) is 12.1 Å². The van der Waals surface area contributed by atoms with E-state index < -0.39 is 5.41 Å². The molecule has 0 bridgehead atoms. The van der Waals surface area contributed by atoms with Crippen molar-refractivity contribution in [2.24, 2.45) is 5.41 Å². The Labute approximate surface area is 275 Å². The molecule has 5 heterocycles. The average Bonchev–Trinajstić information content (AvgIpc) is 3.64. The predicted octanol–water partition coefficient (Wildman–Crippen LogP) is 3.92. The molecule has 1 unspecified atom stereocenters. The third-order valence-corrected chi connectivity index (χ3v) is 9.47. The summed E-state index contributed by atoms with van der Waals surface area (Å²) in [4.78, 5) is 52.7. The molecule has 1 atom stereocenters. The lowest BCUT2D eigenvalue weighted by atomic mass is 9.90. The van der Waals surface area contributed by atoms with Gasteiger partial charge in [0.1, 0.15) is 16.8 Å². The summed E-state index contributed by atoms with van der Waals surface area (Å²) in [6.07, 6.45) is 4.04. The summed E-state index contributed by atoms with van der Waals surface area (Å²) in [6.45, 7) is 11.8. The number of fused-ring (bicyclic) bond motifs is 2. The summed E-state index contributed by atoms with van der Waals surface area (Å²) in [5, 5.41) is 10.7. The fraction of sp³-hybridized carbons (Fsp3) is 0.444. The smallest absolute Gasteiger partial charge is 0.261 e. The number of pyridine rings is 2. The highest BCUT2D eigenvalue weighted by molar-refractivity contribution is 6.19. The van der Waals surface area contributed by atoms with E-state index in [2.05, 4.69) is 15.9 Å². The Kier molecular flexibility index (Phi) is 9.06. The topological polar surface area (TPSA) is 115 Å². The van der Waals surface area contributed by atoms with Gasteiger partial charge in [0.25, 0.3) is 5.56 Å². The zero-order valence-electron chi connectivity index (χ0n) is 27.9. The van der Waals surface area contributed by atoms with Crippen LogP contribution in [-0.2, 0) is 35.8 Å². The Hall–Kier alpha value is -4.32. The molecule has 248 valence electrons. The van der Waals surface area contributed by atoms with E-state index in [1.165, 1.54) is 0 Å². The van der Waals surface area contributed by atoms with E-state index in [0.29, 0.717) is 73.9 Å². The molecule has 1 aromatic carbocycles. The molecule has 3 aromatic heterocycles. The van der Waals surface area contributed by atoms with E-state index in [-0.39, 0.29) is 23.5 Å². The molecule has 1 saturated heterocycles. The van der Waals surface area contributed by atoms with E-state index in [4.69, 9.17) is 9.40 Å². The number of aliphatic hydroxyl groups excluding tert-OH is 1. The van der Waals surface area contributed by atoms with Crippen LogP contribution in [0.2, 0.25) is 0 Å². The first kappa shape index (κ1) is 32.6. The van der Waals surface area contributed by atoms with Gasteiger partial charge in [-0.15, -0.1) is 0 Å². The summed E-state index contributed by atoms with van der Waals surface area (Å²) in [6, 6.07) is 13.6. The molecule has 2 aliphatic heterocycles. The van der Waals surface area contributed by atoms with Crippen LogP contribution in [0.15, 0.2) is 64.1 Å². The van der Waals surface area contributed by atoms with Crippen LogP contribution >= 0.6 is 0 Å². The number of furan rings is 1. The number of aliphatic hydroxyl groups is 1. The van der Waals surface area contributed by atoms with Crippen LogP contribution < -0.4 is 15.4 Å². The number of amides is 2. The van der Waals surface area contributed by atoms with Crippen LogP contribution in [-0.4, -0.2) is 75.6 Å². The van der Waals surface area contributed by atoms with Crippen molar-refractivity contribution >= 4 is 34.2 Å². The van der Waals surface area contributed by atoms with Crippen LogP contribution in [0.3, 0.4) is 0 Å². The highest BCUT2D eigenvalue weighted by Gasteiger charge is 2.45. The van der Waals surface area contributed by atoms with Gasteiger partial charge in [0.05, 0.1) is 28.6 Å². The molecule has 0 aliphatic carbocycles. The van der Waals surface area contributed by atoms with Gasteiger partial charge < -0.3 is 23.9 Å². The van der Waals surface area contributed by atoms with Gasteiger partial charge in [-0.25, -0.2) is 0 Å². The molecule has 6 rings (SSSR count). The number of β-amino-alcohol motifs (C(OH)–C–C–N with tert-alkyl or cyclic N) is 1. The van der Waals surface area contributed by atoms with E-state index in [9.17, 15) is 19.5 Å². The number of aromatic nitrogens is 2. The third kappa shape index (κ3) is 6.47. The Morgan fingerprint density at radius 1 is 1.06 bits per heavy atom. The summed E-state index contributed by atoms with van der Waals surface area (Å²) in [7, 11) is 1.73. The van der Waals surface area contributed by atoms with Crippen LogP contribution in [0.25, 0.3) is 11.0 Å². The Balaban J connectivity index is 1.31. The average molecular weight is 641 g/mol. The van der Waals surface area contributed by atoms with Gasteiger partial charge in [0.15, 0.2) is 0 Å². The lowest BCUT2D eigenvalue weighted by Crippen LogP contribution is -2.47. The second-order valence-electron chi connectivity index (χ2n) is 13.3. The number of aryl methyl sites for hydroxylation is 1. The standard InChI is InChI=1S/C36H44N6O5/c1-6-42-30-10-9-25(19-31(30)38(5)34(45)36(3,4)35(42)46)20-40(16-17-41-15-12-32-28(33(41)44)18-24(2)47-32)21-26-8-7-13-37-29(26)23-39-14-11-27(43)22-39/h7-10,12-13,15,18-19,27,43H,6,11,14,16-17,20-23H2,1-5H3. The van der Waals surface area contributed by atoms with E-state index >= 15 is 0 Å². The van der Waals surface area contributed by atoms with Crippen molar-refractivity contribution in [1.29, 1.82) is 0 Å². The Bertz CT molecular complexity index is 1860. The number of carbonyl (C=O) groups excluding carboxylic acids is 2. The minimum Gasteiger partial charge on any atom is -0.461 e. The lowest BCUT2D eigenvalue weighted by molar-refractivity contribution is -0.137. The van der Waals surface area contributed by atoms with Gasteiger partial charge in [-0.3, -0.25) is 29.2 Å². The normalized spacial score (nSPS) is 18.4. The first-order valence-corrected chi connectivity index (χ1v) is 16.3. The number of hydrogen-bond acceptors (Lipinski definition) is 8. The van der Waals surface area contributed by atoms with Crippen molar-refractivity contribution in [2.75, 3.05) is 43.0 Å². The molecule has 0 radical (unpaired) electrons. The predicted molar refractivity (Wildman–Crippen MR) is 181 cm³/mol. The molecule has 0 spiro atoms. The zero-order valence-corrected chi connectivity index (χ0v) is 27.9. The SMILES string of the molecule is CCN1C(=O)C(C)(C)C(=O)N(C)c2cc(CN(CCn3ccc4oc(C)cc4c3=O)Cc3cccnc3CN3CCC(O)C3)ccc21. The van der Waals surface area contributed by atoms with Crippen molar-refractivity contribution in [2.45, 2.75) is 66.4 Å². The molecule has 4 aromatic rings. The summed E-state index contributed by atoms with van der Waals surface area (Å²) < 4.78 is 7.38. The maximum absolute atomic E-state index is 13.5. The number of anilines is 2. The number of nitrogens with zero attached hydrogens (tertiary/aromatic N) is 6. The van der Waals surface area contributed by atoms with Crippen LogP contribution in [0, 0.1) is 12.3 Å². The molecular weight excluding hydrogens is 596 g/mol. The number of benzene rings is 1. The number of hydrogen-bond donors (Lipinski definition) is 1. The fourth-order valence-corrected chi connectivity index (χ4v) is 6.81. The molecule has 2 amide bonds. The van der Waals surface area contributed by atoms with E-state index in [1.807, 2.05) is 44.2 Å². The largest absolute Gasteiger partial charge is 0.461 e. The van der Waals surface area contributed by atoms with Crippen LogP contribution in [0.5, 0.6) is 0 Å². The molecule has 1 N–H and O–H groups in total. The van der Waals surface area contributed by atoms with Crippen molar-refractivity contribution in [3.63, 3.8) is 0 Å². The second kappa shape index (κ2) is 13.1. The molecule has 11 heteroatoms. The fourth-order valence-electron chi connectivity index (χ4n) is 6.81. The van der Waals surface area contributed by atoms with E-state index in [0.717, 1.165) is 29.8 Å². The maximum atomic E-state index is 13.5. The Morgan fingerprint density at radius 2 is 1.87 bits per heavy atom. The number of rotatable bonds is 10. The second-order valence-corrected chi connectivity index (χ2v) is 13.3. The van der Waals surface area contributed by atoms with Gasteiger partial charge >= 0.3 is 0 Å². The van der Waals surface area contributed by atoms with Crippen LogP contribution in [0.1, 0.15) is 49.8 Å². The van der Waals surface area contributed by atoms with Gasteiger partial charge in [-0.05, 0) is 75.6 Å². The quantitative estimate of drug-likeness (QED) is 0.260. The lowest BCUT2D eigenvalue weighted by Gasteiger charge is -2.27. The number of likely N-dealkylation sites (tertiary alicyclic amines) is 1. The zero-order chi connectivity index (χ0) is 33.5. The first-order valence-electron chi connectivity index (χ1n) is 16.3. The minimum absolute atomic E-state index is 0.0916. The summed E-state index contributed by atoms with van der Waals surface area (Å²) in [5.41, 5.74) is 3.74. The highest BCUT2D eigenvalue weighted by Crippen LogP contribution is 2.39.